The highest BCUT2D eigenvalue weighted by molar-refractivity contribution is 5.83. The van der Waals surface area contributed by atoms with Gasteiger partial charge in [0.1, 0.15) is 0 Å². The molecule has 0 radical (unpaired) electrons. The zero-order valence-electron chi connectivity index (χ0n) is 19.9. The summed E-state index contributed by atoms with van der Waals surface area (Å²) in [4.78, 5) is 25.0. The van der Waals surface area contributed by atoms with E-state index in [1.165, 1.54) is 16.3 Å². The van der Waals surface area contributed by atoms with Crippen LogP contribution in [0.3, 0.4) is 0 Å². The predicted octanol–water partition coefficient (Wildman–Crippen LogP) is 4.87. The van der Waals surface area contributed by atoms with Crippen molar-refractivity contribution in [2.75, 3.05) is 0 Å². The Bertz CT molecular complexity index is 1350. The van der Waals surface area contributed by atoms with E-state index in [9.17, 15) is 9.59 Å². The van der Waals surface area contributed by atoms with Crippen LogP contribution in [0.1, 0.15) is 49.8 Å². The lowest BCUT2D eigenvalue weighted by Gasteiger charge is -2.29. The summed E-state index contributed by atoms with van der Waals surface area (Å²) < 4.78 is 1.81. The molecule has 4 aromatic rings. The number of carbonyl (C=O) groups excluding carboxylic acids is 2. The first-order valence-corrected chi connectivity index (χ1v) is 12.2. The molecule has 1 aliphatic heterocycles. The third-order valence-electron chi connectivity index (χ3n) is 6.92. The van der Waals surface area contributed by atoms with Gasteiger partial charge in [-0.2, -0.15) is 5.10 Å². The monoisotopic (exact) mass is 466 g/mol. The van der Waals surface area contributed by atoms with Crippen molar-refractivity contribution >= 4 is 22.6 Å². The smallest absolute Gasteiger partial charge is 0.220 e. The van der Waals surface area contributed by atoms with Gasteiger partial charge in [-0.3, -0.25) is 9.59 Å². The zero-order valence-corrected chi connectivity index (χ0v) is 19.9. The quantitative estimate of drug-likeness (QED) is 0.389. The van der Waals surface area contributed by atoms with Gasteiger partial charge in [-0.25, -0.2) is 4.68 Å². The molecule has 6 nitrogen and oxygen atoms in total. The van der Waals surface area contributed by atoms with E-state index in [0.29, 0.717) is 19.3 Å². The number of hydrogen-bond acceptors (Lipinski definition) is 3. The lowest BCUT2D eigenvalue weighted by molar-refractivity contribution is -0.123. The first kappa shape index (κ1) is 22.8. The first-order valence-electron chi connectivity index (χ1n) is 12.2. The Morgan fingerprint density at radius 2 is 1.86 bits per heavy atom. The molecule has 1 saturated heterocycles. The standard InChI is InChI=1S/C29H30N4O2/c1-21(25-19-30-33(20-25)26-9-3-2-4-10-26)31-27(34)13-15-29(16-14-28(35)32-29)18-22-11-12-23-7-5-6-8-24(23)17-22/h2-12,17,19-21H,13-16,18H2,1H3,(H,31,34)(H,32,35). The van der Waals surface area contributed by atoms with Crippen molar-refractivity contribution in [3.63, 3.8) is 0 Å². The summed E-state index contributed by atoms with van der Waals surface area (Å²) >= 11 is 0. The van der Waals surface area contributed by atoms with Crippen LogP contribution in [0.25, 0.3) is 16.5 Å². The molecule has 2 amide bonds. The largest absolute Gasteiger partial charge is 0.350 e. The van der Waals surface area contributed by atoms with Gasteiger partial charge in [0, 0.05) is 30.1 Å². The van der Waals surface area contributed by atoms with E-state index < -0.39 is 5.54 Å². The molecule has 1 aromatic heterocycles. The van der Waals surface area contributed by atoms with Gasteiger partial charge in [0.05, 0.1) is 17.9 Å². The van der Waals surface area contributed by atoms with Crippen molar-refractivity contribution in [3.8, 4) is 5.69 Å². The number of nitrogens with zero attached hydrogens (tertiary/aromatic N) is 2. The number of rotatable bonds is 8. The molecular formula is C29H30N4O2. The highest BCUT2D eigenvalue weighted by atomic mass is 16.2. The van der Waals surface area contributed by atoms with Gasteiger partial charge in [-0.15, -0.1) is 0 Å². The molecule has 178 valence electrons. The van der Waals surface area contributed by atoms with Gasteiger partial charge in [0.25, 0.3) is 0 Å². The van der Waals surface area contributed by atoms with Crippen LogP contribution in [0.2, 0.25) is 0 Å². The van der Waals surface area contributed by atoms with Crippen LogP contribution in [-0.2, 0) is 16.0 Å². The Kier molecular flexibility index (Phi) is 6.36. The summed E-state index contributed by atoms with van der Waals surface area (Å²) in [5.41, 5.74) is 2.71. The summed E-state index contributed by atoms with van der Waals surface area (Å²) in [6.07, 6.45) is 6.65. The van der Waals surface area contributed by atoms with E-state index in [1.54, 1.807) is 6.20 Å². The number of nitrogens with one attached hydrogen (secondary N) is 2. The first-order chi connectivity index (χ1) is 17.0. The van der Waals surface area contributed by atoms with Gasteiger partial charge in [-0.05, 0) is 54.7 Å². The third-order valence-corrected chi connectivity index (χ3v) is 6.92. The second-order valence-electron chi connectivity index (χ2n) is 9.53. The van der Waals surface area contributed by atoms with E-state index in [1.807, 2.05) is 60.3 Å². The van der Waals surface area contributed by atoms with Crippen molar-refractivity contribution in [3.05, 3.63) is 96.3 Å². The summed E-state index contributed by atoms with van der Waals surface area (Å²) in [7, 11) is 0. The molecule has 35 heavy (non-hydrogen) atoms. The second-order valence-corrected chi connectivity index (χ2v) is 9.53. The van der Waals surface area contributed by atoms with Crippen LogP contribution in [-0.4, -0.2) is 27.1 Å². The number of benzene rings is 3. The Labute approximate surface area is 205 Å². The molecule has 2 heterocycles. The highest BCUT2D eigenvalue weighted by Crippen LogP contribution is 2.31. The molecule has 5 rings (SSSR count). The van der Waals surface area contributed by atoms with Crippen molar-refractivity contribution in [2.45, 2.75) is 50.6 Å². The lowest BCUT2D eigenvalue weighted by Crippen LogP contribution is -2.44. The van der Waals surface area contributed by atoms with E-state index in [2.05, 4.69) is 46.1 Å². The SMILES string of the molecule is CC(NC(=O)CCC1(Cc2ccc3ccccc3c2)CCC(=O)N1)c1cnn(-c2ccccc2)c1. The minimum Gasteiger partial charge on any atom is -0.350 e. The van der Waals surface area contributed by atoms with Crippen molar-refractivity contribution < 1.29 is 9.59 Å². The normalized spacial score (nSPS) is 18.4. The number of amides is 2. The highest BCUT2D eigenvalue weighted by Gasteiger charge is 2.38. The van der Waals surface area contributed by atoms with Gasteiger partial charge >= 0.3 is 0 Å². The molecule has 6 heteroatoms. The topological polar surface area (TPSA) is 76.0 Å². The molecule has 1 aliphatic rings. The van der Waals surface area contributed by atoms with Crippen molar-refractivity contribution in [2.24, 2.45) is 0 Å². The minimum absolute atomic E-state index is 0.0241. The molecule has 2 N–H and O–H groups in total. The van der Waals surface area contributed by atoms with Crippen LogP contribution >= 0.6 is 0 Å². The Morgan fingerprint density at radius 1 is 1.09 bits per heavy atom. The number of para-hydroxylation sites is 1. The van der Waals surface area contributed by atoms with Crippen LogP contribution in [0.15, 0.2) is 85.2 Å². The Hall–Kier alpha value is -3.93. The Balaban J connectivity index is 1.22. The average Bonchev–Trinajstić information content (AvgIpc) is 3.51. The summed E-state index contributed by atoms with van der Waals surface area (Å²) in [6, 6.07) is 24.4. The third kappa shape index (κ3) is 5.27. The van der Waals surface area contributed by atoms with E-state index in [-0.39, 0.29) is 17.9 Å². The molecule has 2 atom stereocenters. The molecule has 3 aromatic carbocycles. The molecule has 0 saturated carbocycles. The lowest BCUT2D eigenvalue weighted by atomic mass is 9.84. The zero-order chi connectivity index (χ0) is 24.3. The fraction of sp³-hybridized carbons (Fsp3) is 0.276. The number of hydrogen-bond donors (Lipinski definition) is 2. The van der Waals surface area contributed by atoms with Gasteiger partial charge < -0.3 is 10.6 Å². The van der Waals surface area contributed by atoms with E-state index in [0.717, 1.165) is 24.1 Å². The van der Waals surface area contributed by atoms with Crippen molar-refractivity contribution in [1.29, 1.82) is 0 Å². The van der Waals surface area contributed by atoms with E-state index in [4.69, 9.17) is 0 Å². The predicted molar refractivity (Wildman–Crippen MR) is 137 cm³/mol. The number of aromatic nitrogens is 2. The number of fused-ring (bicyclic) bond motifs is 1. The molecular weight excluding hydrogens is 436 g/mol. The van der Waals surface area contributed by atoms with Crippen LogP contribution in [0, 0.1) is 0 Å². The average molecular weight is 467 g/mol. The fourth-order valence-corrected chi connectivity index (χ4v) is 4.95. The molecule has 0 bridgehead atoms. The van der Waals surface area contributed by atoms with Crippen molar-refractivity contribution in [1.82, 2.24) is 20.4 Å². The molecule has 0 aliphatic carbocycles. The number of carbonyl (C=O) groups is 2. The van der Waals surface area contributed by atoms with Gasteiger partial charge in [0.15, 0.2) is 0 Å². The van der Waals surface area contributed by atoms with Crippen LogP contribution in [0.4, 0.5) is 0 Å². The molecule has 2 unspecified atom stereocenters. The maximum Gasteiger partial charge on any atom is 0.220 e. The summed E-state index contributed by atoms with van der Waals surface area (Å²) in [5, 5.41) is 13.1. The summed E-state index contributed by atoms with van der Waals surface area (Å²) in [6.45, 7) is 1.96. The van der Waals surface area contributed by atoms with E-state index >= 15 is 0 Å². The van der Waals surface area contributed by atoms with Gasteiger partial charge in [0.2, 0.25) is 11.8 Å². The fourth-order valence-electron chi connectivity index (χ4n) is 4.95. The van der Waals surface area contributed by atoms with Crippen LogP contribution < -0.4 is 10.6 Å². The Morgan fingerprint density at radius 3 is 2.63 bits per heavy atom. The molecule has 0 spiro atoms. The van der Waals surface area contributed by atoms with Crippen LogP contribution in [0.5, 0.6) is 0 Å². The minimum atomic E-state index is -0.391. The maximum absolute atomic E-state index is 12.9. The maximum atomic E-state index is 12.9. The van der Waals surface area contributed by atoms with Gasteiger partial charge in [-0.1, -0.05) is 60.7 Å². The second kappa shape index (κ2) is 9.74. The summed E-state index contributed by atoms with van der Waals surface area (Å²) in [5.74, 6) is 0.0388. The molecule has 1 fully saturated rings.